The molecule has 2 heterocycles. The number of piperidine rings is 1. The van der Waals surface area contributed by atoms with Crippen molar-refractivity contribution >= 4 is 0 Å². The van der Waals surface area contributed by atoms with Gasteiger partial charge in [0, 0.05) is 12.6 Å². The van der Waals surface area contributed by atoms with Crippen LogP contribution in [0.25, 0.3) is 0 Å². The van der Waals surface area contributed by atoms with Gasteiger partial charge in [-0.25, -0.2) is 0 Å². The molecule has 0 aromatic heterocycles. The van der Waals surface area contributed by atoms with Crippen molar-refractivity contribution in [2.24, 2.45) is 5.92 Å². The Balaban J connectivity index is 1.69. The van der Waals surface area contributed by atoms with Crippen LogP contribution in [0.1, 0.15) is 45.4 Å². The van der Waals surface area contributed by atoms with E-state index >= 15 is 0 Å². The zero-order valence-corrected chi connectivity index (χ0v) is 11.1. The number of likely N-dealkylation sites (tertiary alicyclic amines) is 2. The first-order valence-corrected chi connectivity index (χ1v) is 7.22. The number of nitrogens with zero attached hydrogens (tertiary/aromatic N) is 2. The maximum absolute atomic E-state index is 2.65. The van der Waals surface area contributed by atoms with E-state index in [-0.39, 0.29) is 0 Å². The van der Waals surface area contributed by atoms with E-state index in [1.807, 2.05) is 0 Å². The first kappa shape index (κ1) is 12.4. The summed E-state index contributed by atoms with van der Waals surface area (Å²) < 4.78 is 0. The Kier molecular flexibility index (Phi) is 4.66. The molecule has 2 saturated heterocycles. The highest BCUT2D eigenvalue weighted by Crippen LogP contribution is 2.25. The lowest BCUT2D eigenvalue weighted by atomic mass is 9.90. The number of rotatable bonds is 4. The van der Waals surface area contributed by atoms with Crippen molar-refractivity contribution in [2.45, 2.75) is 51.5 Å². The second kappa shape index (κ2) is 6.02. The molecule has 16 heavy (non-hydrogen) atoms. The van der Waals surface area contributed by atoms with Crippen LogP contribution in [0, 0.1) is 5.92 Å². The molecule has 2 atom stereocenters. The van der Waals surface area contributed by atoms with Gasteiger partial charge in [-0.15, -0.1) is 0 Å². The highest BCUT2D eigenvalue weighted by atomic mass is 15.2. The summed E-state index contributed by atoms with van der Waals surface area (Å²) in [6.45, 7) is 7.72. The summed E-state index contributed by atoms with van der Waals surface area (Å²) in [6, 6.07) is 0.864. The first-order chi connectivity index (χ1) is 7.79. The zero-order valence-electron chi connectivity index (χ0n) is 11.1. The highest BCUT2D eigenvalue weighted by Gasteiger charge is 2.25. The molecule has 2 nitrogen and oxygen atoms in total. The molecule has 0 spiro atoms. The Morgan fingerprint density at radius 1 is 1.12 bits per heavy atom. The minimum atomic E-state index is 0.864. The summed E-state index contributed by atoms with van der Waals surface area (Å²) in [5, 5.41) is 0. The standard InChI is InChI=1S/C14H28N2/c1-3-13-6-7-14(15(2)12-13)8-11-16-9-4-5-10-16/h13-14H,3-12H2,1-2H3/t13-,14+/m0/s1. The van der Waals surface area contributed by atoms with Crippen molar-refractivity contribution in [3.63, 3.8) is 0 Å². The maximum Gasteiger partial charge on any atom is 0.0105 e. The summed E-state index contributed by atoms with van der Waals surface area (Å²) in [4.78, 5) is 5.27. The van der Waals surface area contributed by atoms with Gasteiger partial charge in [0.1, 0.15) is 0 Å². The van der Waals surface area contributed by atoms with Crippen LogP contribution in [0.3, 0.4) is 0 Å². The summed E-state index contributed by atoms with van der Waals surface area (Å²) in [5.41, 5.74) is 0. The summed E-state index contributed by atoms with van der Waals surface area (Å²) in [7, 11) is 2.33. The van der Waals surface area contributed by atoms with Crippen LogP contribution in [-0.2, 0) is 0 Å². The largest absolute Gasteiger partial charge is 0.303 e. The zero-order chi connectivity index (χ0) is 11.4. The monoisotopic (exact) mass is 224 g/mol. The molecule has 0 amide bonds. The molecule has 0 radical (unpaired) electrons. The lowest BCUT2D eigenvalue weighted by Crippen LogP contribution is -2.42. The molecule has 0 aromatic carbocycles. The van der Waals surface area contributed by atoms with E-state index in [4.69, 9.17) is 0 Å². The molecule has 2 fully saturated rings. The van der Waals surface area contributed by atoms with Crippen molar-refractivity contribution < 1.29 is 0 Å². The number of hydrogen-bond donors (Lipinski definition) is 0. The van der Waals surface area contributed by atoms with Crippen LogP contribution in [0.4, 0.5) is 0 Å². The molecule has 0 saturated carbocycles. The van der Waals surface area contributed by atoms with E-state index < -0.39 is 0 Å². The molecule has 0 aliphatic carbocycles. The lowest BCUT2D eigenvalue weighted by Gasteiger charge is -2.37. The predicted molar refractivity (Wildman–Crippen MR) is 69.7 cm³/mol. The van der Waals surface area contributed by atoms with Gasteiger partial charge in [-0.2, -0.15) is 0 Å². The fourth-order valence-corrected chi connectivity index (χ4v) is 3.33. The molecular weight excluding hydrogens is 196 g/mol. The van der Waals surface area contributed by atoms with Crippen LogP contribution in [-0.4, -0.2) is 49.1 Å². The van der Waals surface area contributed by atoms with Gasteiger partial charge >= 0.3 is 0 Å². The average molecular weight is 224 g/mol. The highest BCUT2D eigenvalue weighted by molar-refractivity contribution is 4.80. The van der Waals surface area contributed by atoms with Crippen LogP contribution in [0.5, 0.6) is 0 Å². The van der Waals surface area contributed by atoms with Gasteiger partial charge in [0.2, 0.25) is 0 Å². The Labute approximate surface area is 101 Å². The van der Waals surface area contributed by atoms with Crippen molar-refractivity contribution in [1.82, 2.24) is 9.80 Å². The fraction of sp³-hybridized carbons (Fsp3) is 1.00. The topological polar surface area (TPSA) is 6.48 Å². The van der Waals surface area contributed by atoms with Gasteiger partial charge in [0.05, 0.1) is 0 Å². The smallest absolute Gasteiger partial charge is 0.0105 e. The summed E-state index contributed by atoms with van der Waals surface area (Å²) >= 11 is 0. The maximum atomic E-state index is 2.65. The van der Waals surface area contributed by atoms with E-state index in [0.29, 0.717) is 0 Å². The van der Waals surface area contributed by atoms with Crippen molar-refractivity contribution in [3.8, 4) is 0 Å². The van der Waals surface area contributed by atoms with Gasteiger partial charge in [-0.3, -0.25) is 0 Å². The third-order valence-electron chi connectivity index (χ3n) is 4.63. The second-order valence-electron chi connectivity index (χ2n) is 5.78. The van der Waals surface area contributed by atoms with Gasteiger partial charge in [-0.05, 0) is 64.7 Å². The number of hydrogen-bond acceptors (Lipinski definition) is 2. The second-order valence-corrected chi connectivity index (χ2v) is 5.78. The Hall–Kier alpha value is -0.0800. The Morgan fingerprint density at radius 2 is 1.88 bits per heavy atom. The normalized spacial score (nSPS) is 33.4. The van der Waals surface area contributed by atoms with Crippen molar-refractivity contribution in [1.29, 1.82) is 0 Å². The van der Waals surface area contributed by atoms with Gasteiger partial charge < -0.3 is 9.80 Å². The molecule has 2 aliphatic heterocycles. The molecule has 2 rings (SSSR count). The van der Waals surface area contributed by atoms with Crippen LogP contribution in [0.2, 0.25) is 0 Å². The molecule has 0 aromatic rings. The van der Waals surface area contributed by atoms with E-state index in [2.05, 4.69) is 23.8 Å². The molecule has 0 unspecified atom stereocenters. The van der Waals surface area contributed by atoms with Crippen LogP contribution < -0.4 is 0 Å². The van der Waals surface area contributed by atoms with E-state index in [1.165, 1.54) is 64.7 Å². The molecule has 2 heteroatoms. The fourth-order valence-electron chi connectivity index (χ4n) is 3.33. The molecule has 94 valence electrons. The van der Waals surface area contributed by atoms with Crippen LogP contribution in [0.15, 0.2) is 0 Å². The van der Waals surface area contributed by atoms with Crippen LogP contribution >= 0.6 is 0 Å². The summed E-state index contributed by atoms with van der Waals surface area (Å²) in [6.07, 6.45) is 8.52. The van der Waals surface area contributed by atoms with E-state index in [0.717, 1.165) is 12.0 Å². The molecular formula is C14H28N2. The van der Waals surface area contributed by atoms with Crippen molar-refractivity contribution in [3.05, 3.63) is 0 Å². The average Bonchev–Trinajstić information content (AvgIpc) is 2.80. The van der Waals surface area contributed by atoms with E-state index in [9.17, 15) is 0 Å². The Bertz CT molecular complexity index is 199. The minimum absolute atomic E-state index is 0.864. The van der Waals surface area contributed by atoms with Gasteiger partial charge in [0.25, 0.3) is 0 Å². The van der Waals surface area contributed by atoms with Gasteiger partial charge in [0.15, 0.2) is 0 Å². The third-order valence-corrected chi connectivity index (χ3v) is 4.63. The lowest BCUT2D eigenvalue weighted by molar-refractivity contribution is 0.119. The molecule has 0 bridgehead atoms. The predicted octanol–water partition coefficient (Wildman–Crippen LogP) is 2.59. The Morgan fingerprint density at radius 3 is 2.50 bits per heavy atom. The van der Waals surface area contributed by atoms with Gasteiger partial charge in [-0.1, -0.05) is 13.3 Å². The summed E-state index contributed by atoms with van der Waals surface area (Å²) in [5.74, 6) is 0.966. The minimum Gasteiger partial charge on any atom is -0.303 e. The SMILES string of the molecule is CC[C@H]1CC[C@H](CCN2CCCC2)N(C)C1. The molecule has 2 aliphatic rings. The first-order valence-electron chi connectivity index (χ1n) is 7.22. The quantitative estimate of drug-likeness (QED) is 0.724. The van der Waals surface area contributed by atoms with Crippen molar-refractivity contribution in [2.75, 3.05) is 33.2 Å². The van der Waals surface area contributed by atoms with E-state index in [1.54, 1.807) is 0 Å². The third kappa shape index (κ3) is 3.21. The molecule has 0 N–H and O–H groups in total.